The molecule has 0 spiro atoms. The minimum Gasteiger partial charge on any atom is -0.506 e. The lowest BCUT2D eigenvalue weighted by Crippen LogP contribution is -2.15. The molecule has 0 saturated carbocycles. The van der Waals surface area contributed by atoms with E-state index in [4.69, 9.17) is 4.74 Å². The first-order valence-corrected chi connectivity index (χ1v) is 11.9. The molecule has 178 valence electrons. The number of phenols is 1. The molecule has 3 N–H and O–H groups in total. The Balaban J connectivity index is 1.55. The molecule has 0 radical (unpaired) electrons. The predicted molar refractivity (Wildman–Crippen MR) is 132 cm³/mol. The van der Waals surface area contributed by atoms with Gasteiger partial charge in [0.05, 0.1) is 17.7 Å². The zero-order valence-corrected chi connectivity index (χ0v) is 19.3. The van der Waals surface area contributed by atoms with Crippen LogP contribution in [0, 0.1) is 5.82 Å². The Bertz CT molecular complexity index is 1470. The third-order valence-electron chi connectivity index (χ3n) is 5.17. The van der Waals surface area contributed by atoms with Crippen molar-refractivity contribution < 1.29 is 27.4 Å². The molecular formula is C26H21FN2O5S. The fourth-order valence-electron chi connectivity index (χ4n) is 3.40. The molecular weight excluding hydrogens is 471 g/mol. The molecule has 4 aromatic rings. The number of sulfonamides is 1. The molecule has 0 aliphatic carbocycles. The lowest BCUT2D eigenvalue weighted by molar-refractivity contribution is 0.102. The second-order valence-corrected chi connectivity index (χ2v) is 9.21. The van der Waals surface area contributed by atoms with Crippen molar-refractivity contribution in [1.29, 1.82) is 0 Å². The number of carbonyl (C=O) groups excluding carboxylic acids is 1. The van der Waals surface area contributed by atoms with Crippen LogP contribution in [-0.4, -0.2) is 26.5 Å². The monoisotopic (exact) mass is 492 g/mol. The number of rotatable bonds is 7. The standard InChI is InChI=1S/C26H21FN2O5S/c1-34-25-15-18(7-13-22(25)17-5-3-2-4-6-17)26(31)28-20-10-14-24(30)23(16-20)29-35(32,33)21-11-8-19(27)9-12-21/h2-16,29-30H,1H3,(H,28,31). The van der Waals surface area contributed by atoms with Gasteiger partial charge in [-0.3, -0.25) is 9.52 Å². The first kappa shape index (κ1) is 23.8. The molecule has 9 heteroatoms. The van der Waals surface area contributed by atoms with Crippen LogP contribution in [0.4, 0.5) is 15.8 Å². The fourth-order valence-corrected chi connectivity index (χ4v) is 4.47. The summed E-state index contributed by atoms with van der Waals surface area (Å²) in [6.07, 6.45) is 0. The fraction of sp³-hybridized carbons (Fsp3) is 0.0385. The second kappa shape index (κ2) is 9.86. The van der Waals surface area contributed by atoms with E-state index in [1.807, 2.05) is 30.3 Å². The number of ether oxygens (including phenoxy) is 1. The van der Waals surface area contributed by atoms with Gasteiger partial charge >= 0.3 is 0 Å². The number of hydrogen-bond donors (Lipinski definition) is 3. The number of aromatic hydroxyl groups is 1. The molecule has 0 aliphatic heterocycles. The van der Waals surface area contributed by atoms with E-state index < -0.39 is 21.7 Å². The van der Waals surface area contributed by atoms with Crippen LogP contribution in [0.1, 0.15) is 10.4 Å². The summed E-state index contributed by atoms with van der Waals surface area (Å²) in [5, 5.41) is 12.8. The zero-order chi connectivity index (χ0) is 25.0. The van der Waals surface area contributed by atoms with Crippen LogP contribution in [-0.2, 0) is 10.0 Å². The van der Waals surface area contributed by atoms with Gasteiger partial charge in [-0.2, -0.15) is 0 Å². The van der Waals surface area contributed by atoms with Gasteiger partial charge in [-0.05, 0) is 66.2 Å². The molecule has 7 nitrogen and oxygen atoms in total. The van der Waals surface area contributed by atoms with E-state index in [-0.39, 0.29) is 22.0 Å². The van der Waals surface area contributed by atoms with Crippen molar-refractivity contribution in [3.63, 3.8) is 0 Å². The third-order valence-corrected chi connectivity index (χ3v) is 6.55. The normalized spacial score (nSPS) is 11.0. The minimum absolute atomic E-state index is 0.149. The Morgan fingerprint density at radius 1 is 0.914 bits per heavy atom. The highest BCUT2D eigenvalue weighted by atomic mass is 32.2. The van der Waals surface area contributed by atoms with Crippen molar-refractivity contribution in [1.82, 2.24) is 0 Å². The van der Waals surface area contributed by atoms with E-state index in [1.165, 1.54) is 25.3 Å². The minimum atomic E-state index is -4.10. The average molecular weight is 493 g/mol. The van der Waals surface area contributed by atoms with Crippen LogP contribution >= 0.6 is 0 Å². The van der Waals surface area contributed by atoms with Gasteiger partial charge in [0.15, 0.2) is 0 Å². The molecule has 4 aromatic carbocycles. The molecule has 1 amide bonds. The number of carbonyl (C=O) groups is 1. The summed E-state index contributed by atoms with van der Waals surface area (Å²) >= 11 is 0. The lowest BCUT2D eigenvalue weighted by Gasteiger charge is -2.13. The molecule has 0 atom stereocenters. The van der Waals surface area contributed by atoms with Gasteiger partial charge in [-0.1, -0.05) is 30.3 Å². The number of halogens is 1. The van der Waals surface area contributed by atoms with Gasteiger partial charge < -0.3 is 15.2 Å². The van der Waals surface area contributed by atoms with Gasteiger partial charge in [0.2, 0.25) is 0 Å². The summed E-state index contributed by atoms with van der Waals surface area (Å²) in [4.78, 5) is 12.7. The zero-order valence-electron chi connectivity index (χ0n) is 18.5. The van der Waals surface area contributed by atoms with Crippen LogP contribution < -0.4 is 14.8 Å². The molecule has 0 saturated heterocycles. The number of methoxy groups -OCH3 is 1. The smallest absolute Gasteiger partial charge is 0.262 e. The van der Waals surface area contributed by atoms with E-state index in [2.05, 4.69) is 10.0 Å². The van der Waals surface area contributed by atoms with Gasteiger partial charge in [0.1, 0.15) is 17.3 Å². The number of amides is 1. The Hall–Kier alpha value is -4.37. The summed E-state index contributed by atoms with van der Waals surface area (Å²) in [7, 11) is -2.58. The molecule has 4 rings (SSSR count). The lowest BCUT2D eigenvalue weighted by atomic mass is 10.0. The first-order chi connectivity index (χ1) is 16.8. The van der Waals surface area contributed by atoms with Crippen molar-refractivity contribution in [2.75, 3.05) is 17.1 Å². The number of anilines is 2. The number of benzene rings is 4. The van der Waals surface area contributed by atoms with E-state index in [1.54, 1.807) is 18.2 Å². The highest BCUT2D eigenvalue weighted by Crippen LogP contribution is 2.32. The quantitative estimate of drug-likeness (QED) is 0.241. The number of nitrogens with one attached hydrogen (secondary N) is 2. The van der Waals surface area contributed by atoms with Crippen molar-refractivity contribution >= 4 is 27.3 Å². The van der Waals surface area contributed by atoms with Crippen molar-refractivity contribution in [3.8, 4) is 22.6 Å². The van der Waals surface area contributed by atoms with Crippen LogP contribution in [0.3, 0.4) is 0 Å². The van der Waals surface area contributed by atoms with Crippen molar-refractivity contribution in [2.24, 2.45) is 0 Å². The van der Waals surface area contributed by atoms with Crippen LogP contribution in [0.15, 0.2) is 95.9 Å². The van der Waals surface area contributed by atoms with E-state index >= 15 is 0 Å². The van der Waals surface area contributed by atoms with Gasteiger partial charge in [-0.25, -0.2) is 12.8 Å². The van der Waals surface area contributed by atoms with Crippen LogP contribution in [0.25, 0.3) is 11.1 Å². The maximum Gasteiger partial charge on any atom is 0.262 e. The molecule has 0 unspecified atom stereocenters. The predicted octanol–water partition coefficient (Wildman–Crippen LogP) is 5.26. The Kier molecular flexibility index (Phi) is 6.70. The molecule has 0 aromatic heterocycles. The molecule has 0 fully saturated rings. The number of hydrogen-bond acceptors (Lipinski definition) is 5. The van der Waals surface area contributed by atoms with E-state index in [9.17, 15) is 22.7 Å². The Morgan fingerprint density at radius 2 is 1.63 bits per heavy atom. The number of phenolic OH excluding ortho intramolecular Hbond substituents is 1. The maximum atomic E-state index is 13.1. The maximum absolute atomic E-state index is 13.1. The summed E-state index contributed by atoms with van der Waals surface area (Å²) in [6.45, 7) is 0. The summed E-state index contributed by atoms with van der Waals surface area (Å²) < 4.78 is 46.0. The molecule has 0 heterocycles. The molecule has 35 heavy (non-hydrogen) atoms. The van der Waals surface area contributed by atoms with Crippen LogP contribution in [0.2, 0.25) is 0 Å². The third kappa shape index (κ3) is 5.42. The van der Waals surface area contributed by atoms with Gasteiger partial charge in [0.25, 0.3) is 15.9 Å². The summed E-state index contributed by atoms with van der Waals surface area (Å²) in [5.41, 5.74) is 2.18. The average Bonchev–Trinajstić information content (AvgIpc) is 2.86. The summed E-state index contributed by atoms with van der Waals surface area (Å²) in [5.74, 6) is -0.865. The summed E-state index contributed by atoms with van der Waals surface area (Å²) in [6, 6.07) is 22.8. The van der Waals surface area contributed by atoms with Crippen molar-refractivity contribution in [2.45, 2.75) is 4.90 Å². The first-order valence-electron chi connectivity index (χ1n) is 10.4. The Morgan fingerprint density at radius 3 is 2.31 bits per heavy atom. The molecule has 0 aliphatic rings. The Labute approximate surface area is 201 Å². The SMILES string of the molecule is COc1cc(C(=O)Nc2ccc(O)c(NS(=O)(=O)c3ccc(F)cc3)c2)ccc1-c1ccccc1. The second-order valence-electron chi connectivity index (χ2n) is 7.53. The van der Waals surface area contributed by atoms with Crippen LogP contribution in [0.5, 0.6) is 11.5 Å². The highest BCUT2D eigenvalue weighted by Gasteiger charge is 2.18. The van der Waals surface area contributed by atoms with Crippen molar-refractivity contribution in [3.05, 3.63) is 102 Å². The van der Waals surface area contributed by atoms with E-state index in [0.717, 1.165) is 35.4 Å². The van der Waals surface area contributed by atoms with Gasteiger partial charge in [-0.15, -0.1) is 0 Å². The highest BCUT2D eigenvalue weighted by molar-refractivity contribution is 7.92. The van der Waals surface area contributed by atoms with E-state index in [0.29, 0.717) is 11.3 Å². The molecule has 0 bridgehead atoms. The van der Waals surface area contributed by atoms with Gasteiger partial charge in [0, 0.05) is 16.8 Å². The topological polar surface area (TPSA) is 105 Å². The largest absolute Gasteiger partial charge is 0.506 e.